The first kappa shape index (κ1) is 24.2. The predicted octanol–water partition coefficient (Wildman–Crippen LogP) is -1.25. The minimum atomic E-state index is -1.29. The minimum absolute atomic E-state index is 0.196. The van der Waals surface area contributed by atoms with Gasteiger partial charge in [0.05, 0.1) is 24.4 Å². The van der Waals surface area contributed by atoms with Crippen LogP contribution in [0.25, 0.3) is 0 Å². The predicted molar refractivity (Wildman–Crippen MR) is 108 cm³/mol. The van der Waals surface area contributed by atoms with Crippen molar-refractivity contribution in [2.24, 2.45) is 0 Å². The van der Waals surface area contributed by atoms with Gasteiger partial charge < -0.3 is 41.5 Å². The average Bonchev–Trinajstić information content (AvgIpc) is 2.64. The molecular weight excluding hydrogens is 370 g/mol. The highest BCUT2D eigenvalue weighted by Gasteiger charge is 2.32. The first-order valence-corrected chi connectivity index (χ1v) is 10.1. The van der Waals surface area contributed by atoms with Crippen molar-refractivity contribution in [3.05, 3.63) is 12.2 Å². The van der Waals surface area contributed by atoms with Gasteiger partial charge in [-0.15, -0.1) is 0 Å². The van der Waals surface area contributed by atoms with Crippen LogP contribution in [-0.2, 0) is 0 Å². The van der Waals surface area contributed by atoms with Gasteiger partial charge in [-0.05, 0) is 38.4 Å². The van der Waals surface area contributed by atoms with Crippen LogP contribution in [0.3, 0.4) is 0 Å². The maximum Gasteiger partial charge on any atom is 0.166 e. The van der Waals surface area contributed by atoms with Gasteiger partial charge in [-0.1, -0.05) is 19.1 Å². The van der Waals surface area contributed by atoms with Crippen LogP contribution in [0.2, 0.25) is 0 Å². The van der Waals surface area contributed by atoms with Gasteiger partial charge in [0, 0.05) is 25.6 Å². The van der Waals surface area contributed by atoms with Crippen LogP contribution in [0.5, 0.6) is 0 Å². The van der Waals surface area contributed by atoms with E-state index in [4.69, 9.17) is 12.2 Å². The number of allylic oxidation sites excluding steroid dienone is 1. The van der Waals surface area contributed by atoms with Crippen LogP contribution in [-0.4, -0.2) is 86.3 Å². The lowest BCUT2D eigenvalue weighted by Gasteiger charge is -2.33. The first-order chi connectivity index (χ1) is 12.8. The third-order valence-electron chi connectivity index (χ3n) is 4.79. The lowest BCUT2D eigenvalue weighted by molar-refractivity contribution is -0.0593. The highest BCUT2D eigenvalue weighted by molar-refractivity contribution is 7.80. The fourth-order valence-electron chi connectivity index (χ4n) is 3.01. The average molecular weight is 406 g/mol. The molecule has 0 bridgehead atoms. The topological polar surface area (TPSA) is 137 Å². The van der Waals surface area contributed by atoms with Crippen molar-refractivity contribution in [1.29, 1.82) is 0 Å². The summed E-state index contributed by atoms with van der Waals surface area (Å²) in [6.07, 6.45) is 0.166. The Balaban J connectivity index is 2.74. The molecule has 8 N–H and O–H groups in total. The maximum atomic E-state index is 10.5. The zero-order valence-electron chi connectivity index (χ0n) is 16.1. The van der Waals surface area contributed by atoms with Gasteiger partial charge in [-0.3, -0.25) is 0 Å². The second-order valence-corrected chi connectivity index (χ2v) is 7.38. The third kappa shape index (κ3) is 8.39. The Morgan fingerprint density at radius 3 is 2.52 bits per heavy atom. The quantitative estimate of drug-likeness (QED) is 0.175. The molecule has 0 spiro atoms. The van der Waals surface area contributed by atoms with E-state index in [1.807, 2.05) is 13.8 Å². The summed E-state index contributed by atoms with van der Waals surface area (Å²) in [5.41, 5.74) is 0. The number of hydrogen-bond acceptors (Lipinski definition) is 7. The molecule has 7 unspecified atom stereocenters. The van der Waals surface area contributed by atoms with Crippen molar-refractivity contribution in [1.82, 2.24) is 16.0 Å². The van der Waals surface area contributed by atoms with E-state index in [1.165, 1.54) is 6.08 Å². The van der Waals surface area contributed by atoms with Crippen molar-refractivity contribution in [2.75, 3.05) is 13.1 Å². The second-order valence-electron chi connectivity index (χ2n) is 6.97. The van der Waals surface area contributed by atoms with Gasteiger partial charge in [0.25, 0.3) is 0 Å². The summed E-state index contributed by atoms with van der Waals surface area (Å²) in [4.78, 5) is 0. The maximum absolute atomic E-state index is 10.5. The SMILES string of the molecule is CCNC(=S)NC(CNC1CC/C=C\C(O)C(O)C1O)C(O)CC(O)CC. The minimum Gasteiger partial charge on any atom is -0.393 e. The first-order valence-electron chi connectivity index (χ1n) is 9.64. The molecule has 7 atom stereocenters. The summed E-state index contributed by atoms with van der Waals surface area (Å²) in [5.74, 6) is 0. The molecule has 0 amide bonds. The van der Waals surface area contributed by atoms with Crippen molar-refractivity contribution < 1.29 is 25.5 Å². The van der Waals surface area contributed by atoms with Crippen LogP contribution >= 0.6 is 12.2 Å². The molecule has 1 aliphatic carbocycles. The standard InChI is InChI=1S/C18H35N3O5S/c1-3-11(22)9-15(24)13(21-18(27)19-4-2)10-20-12-7-5-6-8-14(23)17(26)16(12)25/h6,8,11-17,20,22-26H,3-5,7,9-10H2,1-2H3,(H2,19,21,27)/b8-6-. The largest absolute Gasteiger partial charge is 0.393 e. The highest BCUT2D eigenvalue weighted by atomic mass is 32.1. The molecule has 8 nitrogen and oxygen atoms in total. The van der Waals surface area contributed by atoms with Crippen LogP contribution in [0, 0.1) is 0 Å². The molecule has 0 aromatic carbocycles. The number of aliphatic hydroxyl groups excluding tert-OH is 5. The Kier molecular flexibility index (Phi) is 11.3. The van der Waals surface area contributed by atoms with E-state index >= 15 is 0 Å². The molecule has 1 rings (SSSR count). The second kappa shape index (κ2) is 12.6. The van der Waals surface area contributed by atoms with Gasteiger partial charge in [0.1, 0.15) is 12.2 Å². The Labute approximate surface area is 166 Å². The Bertz CT molecular complexity index is 468. The van der Waals surface area contributed by atoms with Gasteiger partial charge in [0.2, 0.25) is 0 Å². The number of aliphatic hydroxyl groups is 5. The summed E-state index contributed by atoms with van der Waals surface area (Å²) in [7, 11) is 0. The molecular formula is C18H35N3O5S. The Hall–Kier alpha value is -0.810. The van der Waals surface area contributed by atoms with Crippen LogP contribution in [0.4, 0.5) is 0 Å². The molecule has 0 heterocycles. The van der Waals surface area contributed by atoms with Crippen molar-refractivity contribution >= 4 is 17.3 Å². The van der Waals surface area contributed by atoms with E-state index in [-0.39, 0.29) is 13.0 Å². The van der Waals surface area contributed by atoms with E-state index < -0.39 is 42.6 Å². The van der Waals surface area contributed by atoms with E-state index in [9.17, 15) is 25.5 Å². The fourth-order valence-corrected chi connectivity index (χ4v) is 3.31. The molecule has 0 aromatic rings. The van der Waals surface area contributed by atoms with Gasteiger partial charge in [-0.2, -0.15) is 0 Å². The molecule has 0 fully saturated rings. The molecule has 1 aliphatic rings. The molecule has 0 saturated heterocycles. The zero-order chi connectivity index (χ0) is 20.4. The molecule has 27 heavy (non-hydrogen) atoms. The molecule has 158 valence electrons. The normalized spacial score (nSPS) is 30.5. The van der Waals surface area contributed by atoms with E-state index in [1.54, 1.807) is 6.08 Å². The lowest BCUT2D eigenvalue weighted by atomic mass is 9.93. The van der Waals surface area contributed by atoms with Crippen LogP contribution < -0.4 is 16.0 Å². The molecule has 0 radical (unpaired) electrons. The molecule has 9 heteroatoms. The van der Waals surface area contributed by atoms with Crippen LogP contribution in [0.15, 0.2) is 12.2 Å². The number of thiocarbonyl (C=S) groups is 1. The third-order valence-corrected chi connectivity index (χ3v) is 5.05. The summed E-state index contributed by atoms with van der Waals surface area (Å²) in [6, 6.07) is -0.951. The fraction of sp³-hybridized carbons (Fsp3) is 0.833. The van der Waals surface area contributed by atoms with Crippen molar-refractivity contribution in [3.8, 4) is 0 Å². The van der Waals surface area contributed by atoms with Gasteiger partial charge >= 0.3 is 0 Å². The van der Waals surface area contributed by atoms with E-state index in [0.29, 0.717) is 30.9 Å². The number of nitrogens with one attached hydrogen (secondary N) is 3. The van der Waals surface area contributed by atoms with Crippen LogP contribution in [0.1, 0.15) is 39.5 Å². The Morgan fingerprint density at radius 2 is 1.89 bits per heavy atom. The highest BCUT2D eigenvalue weighted by Crippen LogP contribution is 2.15. The summed E-state index contributed by atoms with van der Waals surface area (Å²) < 4.78 is 0. The molecule has 0 saturated carbocycles. The monoisotopic (exact) mass is 405 g/mol. The lowest BCUT2D eigenvalue weighted by Crippen LogP contribution is -2.57. The summed E-state index contributed by atoms with van der Waals surface area (Å²) >= 11 is 5.20. The Morgan fingerprint density at radius 1 is 1.19 bits per heavy atom. The van der Waals surface area contributed by atoms with Crippen molar-refractivity contribution in [2.45, 2.75) is 82.1 Å². The van der Waals surface area contributed by atoms with E-state index in [0.717, 1.165) is 0 Å². The summed E-state index contributed by atoms with van der Waals surface area (Å²) in [6.45, 7) is 4.64. The zero-order valence-corrected chi connectivity index (χ0v) is 16.9. The van der Waals surface area contributed by atoms with Gasteiger partial charge in [0.15, 0.2) is 5.11 Å². The number of rotatable bonds is 9. The molecule has 0 aliphatic heterocycles. The molecule has 0 aromatic heterocycles. The van der Waals surface area contributed by atoms with Gasteiger partial charge in [-0.25, -0.2) is 0 Å². The number of hydrogen-bond donors (Lipinski definition) is 8. The smallest absolute Gasteiger partial charge is 0.166 e. The summed E-state index contributed by atoms with van der Waals surface area (Å²) in [5, 5.41) is 60.1. The van der Waals surface area contributed by atoms with Crippen molar-refractivity contribution in [3.63, 3.8) is 0 Å². The van der Waals surface area contributed by atoms with E-state index in [2.05, 4.69) is 16.0 Å².